The molecule has 2 aliphatic rings. The summed E-state index contributed by atoms with van der Waals surface area (Å²) in [6, 6.07) is 7.79. The van der Waals surface area contributed by atoms with Gasteiger partial charge in [-0.3, -0.25) is 0 Å². The van der Waals surface area contributed by atoms with E-state index in [0.717, 1.165) is 5.56 Å². The number of fused-ring (bicyclic) bond motifs is 2. The molecule has 0 saturated carbocycles. The number of terminal acetylenes is 1. The van der Waals surface area contributed by atoms with Gasteiger partial charge in [0.2, 0.25) is 0 Å². The number of aliphatic hydroxyl groups is 1. The molecule has 1 aromatic carbocycles. The lowest BCUT2D eigenvalue weighted by atomic mass is 10.1. The second-order valence-corrected chi connectivity index (χ2v) is 11.7. The molecule has 14 nitrogen and oxygen atoms in total. The minimum Gasteiger partial charge on any atom is -0.467 e. The van der Waals surface area contributed by atoms with Crippen LogP contribution >= 0.6 is 11.6 Å². The lowest BCUT2D eigenvalue weighted by molar-refractivity contribution is -0.201. The van der Waals surface area contributed by atoms with Gasteiger partial charge in [0.1, 0.15) is 30.7 Å². The molecule has 4 atom stereocenters. The van der Waals surface area contributed by atoms with Gasteiger partial charge in [0.15, 0.2) is 17.7 Å². The maximum Gasteiger partial charge on any atom is 0.320 e. The summed E-state index contributed by atoms with van der Waals surface area (Å²) in [4.78, 5) is 11.4. The van der Waals surface area contributed by atoms with E-state index in [9.17, 15) is 5.11 Å². The number of hydrogen-bond acceptors (Lipinski definition) is 13. The van der Waals surface area contributed by atoms with E-state index < -0.39 is 30.3 Å². The summed E-state index contributed by atoms with van der Waals surface area (Å²) in [7, 11) is 1.51. The summed E-state index contributed by atoms with van der Waals surface area (Å²) in [5, 5.41) is 16.0. The first-order valence-corrected chi connectivity index (χ1v) is 15.9. The van der Waals surface area contributed by atoms with Crippen LogP contribution in [0.5, 0.6) is 6.01 Å². The standard InChI is InChI=1S/C32H42ClN5O9/c1-5-11-41-13-15-43-17-18-44-16-14-42-12-10-37(20-22-8-6-7-9-24(22)33)28-23-19-34-38(29(23)36-31(35-28)40-4)30-27-26(25(21-39)45-30)46-32(2,3)47-27/h1,6-9,19,25-27,30,39H,10-18,20-21H2,2-4H3/t25-,26-,27-,30-/m1/s1. The van der Waals surface area contributed by atoms with Gasteiger partial charge in [-0.25, -0.2) is 4.68 Å². The molecule has 2 fully saturated rings. The number of aliphatic hydroxyl groups excluding tert-OH is 1. The van der Waals surface area contributed by atoms with E-state index in [4.69, 9.17) is 60.9 Å². The van der Waals surface area contributed by atoms with Crippen LogP contribution in [0.3, 0.4) is 0 Å². The van der Waals surface area contributed by atoms with Gasteiger partial charge in [0.05, 0.1) is 71.5 Å². The van der Waals surface area contributed by atoms with E-state index in [1.165, 1.54) is 7.11 Å². The fraction of sp³-hybridized carbons (Fsp3) is 0.594. The summed E-state index contributed by atoms with van der Waals surface area (Å²) in [6.07, 6.45) is 4.57. The van der Waals surface area contributed by atoms with E-state index >= 15 is 0 Å². The molecule has 0 spiro atoms. The Morgan fingerprint density at radius 3 is 2.36 bits per heavy atom. The molecule has 2 aromatic heterocycles. The molecule has 0 aliphatic carbocycles. The van der Waals surface area contributed by atoms with Crippen molar-refractivity contribution in [2.75, 3.05) is 78.0 Å². The molecule has 4 heterocycles. The van der Waals surface area contributed by atoms with E-state index in [1.54, 1.807) is 10.9 Å². The van der Waals surface area contributed by atoms with Crippen LogP contribution in [-0.2, 0) is 39.7 Å². The van der Waals surface area contributed by atoms with Gasteiger partial charge < -0.3 is 47.9 Å². The quantitative estimate of drug-likeness (QED) is 0.147. The fourth-order valence-corrected chi connectivity index (χ4v) is 5.67. The first-order valence-electron chi connectivity index (χ1n) is 15.5. The van der Waals surface area contributed by atoms with Crippen LogP contribution in [0.4, 0.5) is 5.82 Å². The van der Waals surface area contributed by atoms with Crippen molar-refractivity contribution in [1.29, 1.82) is 0 Å². The number of hydrogen-bond donors (Lipinski definition) is 1. The Morgan fingerprint density at radius 1 is 1.00 bits per heavy atom. The number of rotatable bonds is 19. The summed E-state index contributed by atoms with van der Waals surface area (Å²) < 4.78 is 47.7. The number of halogens is 1. The van der Waals surface area contributed by atoms with Crippen molar-refractivity contribution in [3.05, 3.63) is 41.0 Å². The van der Waals surface area contributed by atoms with Gasteiger partial charge in [-0.05, 0) is 25.5 Å². The van der Waals surface area contributed by atoms with E-state index in [-0.39, 0.29) is 19.2 Å². The lowest BCUT2D eigenvalue weighted by Gasteiger charge is -2.26. The van der Waals surface area contributed by atoms with Crippen molar-refractivity contribution < 1.29 is 43.0 Å². The second kappa shape index (κ2) is 16.8. The van der Waals surface area contributed by atoms with Crippen LogP contribution in [0.2, 0.25) is 5.02 Å². The summed E-state index contributed by atoms with van der Waals surface area (Å²) in [6.45, 7) is 7.62. The van der Waals surface area contributed by atoms with E-state index in [2.05, 4.69) is 16.0 Å². The number of nitrogens with zero attached hydrogens (tertiary/aromatic N) is 5. The van der Waals surface area contributed by atoms with E-state index in [1.807, 2.05) is 43.0 Å². The second-order valence-electron chi connectivity index (χ2n) is 11.3. The molecule has 0 bridgehead atoms. The highest BCUT2D eigenvalue weighted by Crippen LogP contribution is 2.44. The monoisotopic (exact) mass is 675 g/mol. The molecule has 15 heteroatoms. The number of ether oxygens (including phenoxy) is 8. The van der Waals surface area contributed by atoms with Gasteiger partial charge in [-0.2, -0.15) is 15.1 Å². The predicted octanol–water partition coefficient (Wildman–Crippen LogP) is 2.60. The lowest BCUT2D eigenvalue weighted by Crippen LogP contribution is -2.31. The fourth-order valence-electron chi connectivity index (χ4n) is 5.47. The predicted molar refractivity (Wildman–Crippen MR) is 171 cm³/mol. The third-order valence-corrected chi connectivity index (χ3v) is 7.94. The van der Waals surface area contributed by atoms with Crippen molar-refractivity contribution in [2.24, 2.45) is 0 Å². The van der Waals surface area contributed by atoms with Gasteiger partial charge in [0.25, 0.3) is 0 Å². The largest absolute Gasteiger partial charge is 0.467 e. The normalized spacial score (nSPS) is 21.6. The summed E-state index contributed by atoms with van der Waals surface area (Å²) in [5.74, 6) is 2.15. The zero-order valence-electron chi connectivity index (χ0n) is 26.9. The highest BCUT2D eigenvalue weighted by atomic mass is 35.5. The first-order chi connectivity index (χ1) is 22.8. The summed E-state index contributed by atoms with van der Waals surface area (Å²) in [5.41, 5.74) is 1.39. The zero-order chi connectivity index (χ0) is 33.2. The molecule has 2 aliphatic heterocycles. The average molecular weight is 676 g/mol. The Kier molecular flexibility index (Phi) is 12.6. The Labute approximate surface area is 279 Å². The van der Waals surface area contributed by atoms with Crippen molar-refractivity contribution in [2.45, 2.75) is 50.7 Å². The molecule has 0 radical (unpaired) electrons. The van der Waals surface area contributed by atoms with Gasteiger partial charge in [-0.15, -0.1) is 6.42 Å². The van der Waals surface area contributed by atoms with Crippen molar-refractivity contribution in [3.63, 3.8) is 0 Å². The molecule has 0 unspecified atom stereocenters. The molecule has 5 rings (SSSR count). The molecule has 3 aromatic rings. The third-order valence-electron chi connectivity index (χ3n) is 7.57. The Balaban J connectivity index is 1.28. The highest BCUT2D eigenvalue weighted by Gasteiger charge is 2.56. The number of anilines is 1. The highest BCUT2D eigenvalue weighted by molar-refractivity contribution is 6.31. The number of aromatic nitrogens is 4. The van der Waals surface area contributed by atoms with Crippen molar-refractivity contribution in [3.8, 4) is 18.4 Å². The summed E-state index contributed by atoms with van der Waals surface area (Å²) >= 11 is 6.58. The van der Waals surface area contributed by atoms with Crippen LogP contribution in [0, 0.1) is 12.3 Å². The van der Waals surface area contributed by atoms with Crippen molar-refractivity contribution in [1.82, 2.24) is 19.7 Å². The van der Waals surface area contributed by atoms with Crippen LogP contribution in [-0.4, -0.2) is 122 Å². The first kappa shape index (κ1) is 35.2. The van der Waals surface area contributed by atoms with Crippen LogP contribution in [0.25, 0.3) is 11.0 Å². The molecule has 2 saturated heterocycles. The van der Waals surface area contributed by atoms with Gasteiger partial charge in [0, 0.05) is 18.1 Å². The molecular formula is C32H42ClN5O9. The van der Waals surface area contributed by atoms with Crippen molar-refractivity contribution >= 4 is 28.5 Å². The minimum absolute atomic E-state index is 0.148. The molecular weight excluding hydrogens is 634 g/mol. The maximum absolute atomic E-state index is 10.0. The molecule has 47 heavy (non-hydrogen) atoms. The van der Waals surface area contributed by atoms with Crippen LogP contribution in [0.1, 0.15) is 25.6 Å². The zero-order valence-corrected chi connectivity index (χ0v) is 27.6. The Hall–Kier alpha value is -3.10. The number of benzene rings is 1. The van der Waals surface area contributed by atoms with Gasteiger partial charge >= 0.3 is 6.01 Å². The topological polar surface area (TPSA) is 141 Å². The average Bonchev–Trinajstić information content (AvgIpc) is 3.73. The smallest absolute Gasteiger partial charge is 0.320 e. The minimum atomic E-state index is -0.839. The molecule has 256 valence electrons. The maximum atomic E-state index is 10.0. The van der Waals surface area contributed by atoms with Gasteiger partial charge in [-0.1, -0.05) is 35.7 Å². The molecule has 0 amide bonds. The molecule has 1 N–H and O–H groups in total. The third kappa shape index (κ3) is 8.88. The SMILES string of the molecule is C#CCOCCOCCOCCOCCN(Cc1ccccc1Cl)c1nc(OC)nc2c1cnn2[C@@H]1O[C@H](CO)[C@H]2OC(C)(C)O[C@H]21. The van der Waals surface area contributed by atoms with E-state index in [0.29, 0.717) is 81.2 Å². The number of methoxy groups -OCH3 is 1. The van der Waals surface area contributed by atoms with Crippen LogP contribution < -0.4 is 9.64 Å². The Bertz CT molecular complexity index is 1480. The Morgan fingerprint density at radius 2 is 1.68 bits per heavy atom. The van der Waals surface area contributed by atoms with Crippen LogP contribution in [0.15, 0.2) is 30.5 Å².